The summed E-state index contributed by atoms with van der Waals surface area (Å²) in [7, 11) is 0. The van der Waals surface area contributed by atoms with Gasteiger partial charge in [0, 0.05) is 24.7 Å². The molecule has 1 atom stereocenters. The van der Waals surface area contributed by atoms with E-state index in [1.807, 2.05) is 19.3 Å². The summed E-state index contributed by atoms with van der Waals surface area (Å²) in [6.07, 6.45) is 5.24. The first kappa shape index (κ1) is 13.4. The van der Waals surface area contributed by atoms with Crippen molar-refractivity contribution >= 4 is 11.8 Å². The number of aryl methyl sites for hydroxylation is 1. The number of nitrogens with zero attached hydrogens (tertiary/aromatic N) is 2. The van der Waals surface area contributed by atoms with E-state index in [4.69, 9.17) is 5.73 Å². The molecule has 0 radical (unpaired) electrons. The molecule has 0 aromatic carbocycles. The molecule has 0 fully saturated rings. The second-order valence-corrected chi connectivity index (χ2v) is 5.26. The van der Waals surface area contributed by atoms with Gasteiger partial charge in [-0.25, -0.2) is 9.97 Å². The van der Waals surface area contributed by atoms with Crippen molar-refractivity contribution in [2.75, 3.05) is 12.3 Å². The third kappa shape index (κ3) is 4.92. The Balaban J connectivity index is 2.23. The summed E-state index contributed by atoms with van der Waals surface area (Å²) in [5, 5.41) is 10.5. The van der Waals surface area contributed by atoms with Crippen LogP contribution < -0.4 is 5.73 Å². The lowest BCUT2D eigenvalue weighted by Crippen LogP contribution is -2.34. The second kappa shape index (κ2) is 6.18. The van der Waals surface area contributed by atoms with Gasteiger partial charge in [0.05, 0.1) is 5.60 Å². The van der Waals surface area contributed by atoms with Crippen LogP contribution in [0, 0.1) is 6.92 Å². The van der Waals surface area contributed by atoms with Crippen LogP contribution >= 0.6 is 11.8 Å². The van der Waals surface area contributed by atoms with Crippen molar-refractivity contribution in [3.63, 3.8) is 0 Å². The van der Waals surface area contributed by atoms with Gasteiger partial charge in [0.1, 0.15) is 0 Å². The molecule has 0 aliphatic rings. The van der Waals surface area contributed by atoms with Gasteiger partial charge in [-0.3, -0.25) is 0 Å². The van der Waals surface area contributed by atoms with Crippen LogP contribution in [0.15, 0.2) is 17.6 Å². The average Bonchev–Trinajstić information content (AvgIpc) is 2.27. The zero-order valence-electron chi connectivity index (χ0n) is 9.81. The van der Waals surface area contributed by atoms with Crippen LogP contribution in [-0.4, -0.2) is 33.0 Å². The molecule has 90 valence electrons. The summed E-state index contributed by atoms with van der Waals surface area (Å²) < 4.78 is 0. The Bertz CT molecular complexity index is 314. The number of nitrogens with two attached hydrogens (primary N) is 1. The van der Waals surface area contributed by atoms with Gasteiger partial charge in [-0.05, 0) is 32.3 Å². The fraction of sp³-hybridized carbons (Fsp3) is 0.636. The van der Waals surface area contributed by atoms with Gasteiger partial charge in [0.25, 0.3) is 0 Å². The zero-order valence-corrected chi connectivity index (χ0v) is 10.6. The van der Waals surface area contributed by atoms with Gasteiger partial charge in [0.15, 0.2) is 5.16 Å². The number of hydrogen-bond donors (Lipinski definition) is 2. The highest BCUT2D eigenvalue weighted by atomic mass is 32.2. The number of rotatable bonds is 6. The molecule has 0 amide bonds. The molecular weight excluding hydrogens is 222 g/mol. The van der Waals surface area contributed by atoms with Crippen molar-refractivity contribution in [2.24, 2.45) is 5.73 Å². The molecule has 1 unspecified atom stereocenters. The molecule has 3 N–H and O–H groups in total. The lowest BCUT2D eigenvalue weighted by Gasteiger charge is -2.20. The lowest BCUT2D eigenvalue weighted by atomic mass is 10.0. The Labute approximate surface area is 101 Å². The number of hydrogen-bond acceptors (Lipinski definition) is 5. The predicted octanol–water partition coefficient (Wildman–Crippen LogP) is 1.37. The van der Waals surface area contributed by atoms with E-state index >= 15 is 0 Å². The van der Waals surface area contributed by atoms with Crippen LogP contribution in [0.5, 0.6) is 0 Å². The van der Waals surface area contributed by atoms with Crippen molar-refractivity contribution in [1.82, 2.24) is 9.97 Å². The van der Waals surface area contributed by atoms with Crippen molar-refractivity contribution in [3.8, 4) is 0 Å². The van der Waals surface area contributed by atoms with E-state index in [0.29, 0.717) is 13.0 Å². The number of aliphatic hydroxyl groups is 1. The average molecular weight is 241 g/mol. The summed E-state index contributed by atoms with van der Waals surface area (Å²) in [4.78, 5) is 8.39. The summed E-state index contributed by atoms with van der Waals surface area (Å²) in [6, 6.07) is 0. The Hall–Kier alpha value is -0.650. The molecule has 5 heteroatoms. The van der Waals surface area contributed by atoms with Gasteiger partial charge in [-0.15, -0.1) is 0 Å². The highest BCUT2D eigenvalue weighted by Gasteiger charge is 2.16. The fourth-order valence-corrected chi connectivity index (χ4v) is 1.90. The quantitative estimate of drug-likeness (QED) is 0.447. The maximum atomic E-state index is 9.69. The molecule has 0 bridgehead atoms. The lowest BCUT2D eigenvalue weighted by molar-refractivity contribution is 0.0596. The molecule has 1 heterocycles. The first-order valence-electron chi connectivity index (χ1n) is 5.37. The second-order valence-electron chi connectivity index (χ2n) is 4.20. The normalized spacial score (nSPS) is 14.8. The maximum absolute atomic E-state index is 9.69. The summed E-state index contributed by atoms with van der Waals surface area (Å²) in [5.74, 6) is 0.902. The van der Waals surface area contributed by atoms with Gasteiger partial charge in [-0.1, -0.05) is 11.8 Å². The monoisotopic (exact) mass is 241 g/mol. The Morgan fingerprint density at radius 1 is 1.44 bits per heavy atom. The molecular formula is C11H19N3OS. The third-order valence-corrected chi connectivity index (χ3v) is 3.25. The minimum Gasteiger partial charge on any atom is -0.389 e. The Morgan fingerprint density at radius 2 is 2.06 bits per heavy atom. The molecule has 0 saturated carbocycles. The van der Waals surface area contributed by atoms with E-state index in [-0.39, 0.29) is 0 Å². The summed E-state index contributed by atoms with van der Waals surface area (Å²) in [5.41, 5.74) is 5.76. The molecule has 16 heavy (non-hydrogen) atoms. The van der Waals surface area contributed by atoms with Crippen molar-refractivity contribution in [3.05, 3.63) is 18.0 Å². The van der Waals surface area contributed by atoms with Crippen molar-refractivity contribution in [2.45, 2.75) is 37.4 Å². The van der Waals surface area contributed by atoms with E-state index in [1.165, 1.54) is 0 Å². The summed E-state index contributed by atoms with van der Waals surface area (Å²) in [6.45, 7) is 4.03. The first-order valence-corrected chi connectivity index (χ1v) is 6.36. The van der Waals surface area contributed by atoms with E-state index in [2.05, 4.69) is 9.97 Å². The van der Waals surface area contributed by atoms with Gasteiger partial charge >= 0.3 is 0 Å². The summed E-state index contributed by atoms with van der Waals surface area (Å²) >= 11 is 1.61. The first-order chi connectivity index (χ1) is 7.53. The van der Waals surface area contributed by atoms with Crippen LogP contribution in [0.3, 0.4) is 0 Å². The largest absolute Gasteiger partial charge is 0.389 e. The highest BCUT2D eigenvalue weighted by Crippen LogP contribution is 2.17. The van der Waals surface area contributed by atoms with E-state index in [0.717, 1.165) is 22.9 Å². The van der Waals surface area contributed by atoms with Crippen LogP contribution in [-0.2, 0) is 0 Å². The molecule has 0 spiro atoms. The molecule has 0 aliphatic carbocycles. The van der Waals surface area contributed by atoms with E-state index < -0.39 is 5.60 Å². The van der Waals surface area contributed by atoms with Gasteiger partial charge < -0.3 is 10.8 Å². The topological polar surface area (TPSA) is 72.0 Å². The minimum absolute atomic E-state index is 0.304. The fourth-order valence-electron chi connectivity index (χ4n) is 1.17. The molecule has 1 rings (SSSR count). The number of aromatic nitrogens is 2. The Morgan fingerprint density at radius 3 is 2.62 bits per heavy atom. The predicted molar refractivity (Wildman–Crippen MR) is 66.4 cm³/mol. The third-order valence-electron chi connectivity index (χ3n) is 2.29. The maximum Gasteiger partial charge on any atom is 0.187 e. The molecule has 1 aromatic rings. The highest BCUT2D eigenvalue weighted by molar-refractivity contribution is 7.99. The van der Waals surface area contributed by atoms with Crippen LogP contribution in [0.2, 0.25) is 0 Å². The number of thioether (sulfide) groups is 1. The van der Waals surface area contributed by atoms with Gasteiger partial charge in [-0.2, -0.15) is 0 Å². The van der Waals surface area contributed by atoms with E-state index in [1.54, 1.807) is 18.7 Å². The Kier molecular flexibility index (Phi) is 5.18. The molecule has 0 saturated heterocycles. The zero-order chi connectivity index (χ0) is 12.0. The van der Waals surface area contributed by atoms with E-state index in [9.17, 15) is 5.11 Å². The SMILES string of the molecule is Cc1cnc(SCCCC(C)(O)CN)nc1. The molecule has 0 aliphatic heterocycles. The molecule has 1 aromatic heterocycles. The van der Waals surface area contributed by atoms with Crippen molar-refractivity contribution < 1.29 is 5.11 Å². The van der Waals surface area contributed by atoms with Crippen LogP contribution in [0.25, 0.3) is 0 Å². The van der Waals surface area contributed by atoms with Gasteiger partial charge in [0.2, 0.25) is 0 Å². The smallest absolute Gasteiger partial charge is 0.187 e. The van der Waals surface area contributed by atoms with Crippen LogP contribution in [0.1, 0.15) is 25.3 Å². The minimum atomic E-state index is -0.741. The standard InChI is InChI=1S/C11H19N3OS/c1-9-6-13-10(14-7-9)16-5-3-4-11(2,15)8-12/h6-7,15H,3-5,8,12H2,1-2H3. The van der Waals surface area contributed by atoms with Crippen molar-refractivity contribution in [1.29, 1.82) is 0 Å². The van der Waals surface area contributed by atoms with Crippen LogP contribution in [0.4, 0.5) is 0 Å². The molecule has 4 nitrogen and oxygen atoms in total.